The summed E-state index contributed by atoms with van der Waals surface area (Å²) in [5, 5.41) is 0. The van der Waals surface area contributed by atoms with E-state index in [0.717, 1.165) is 23.4 Å². The van der Waals surface area contributed by atoms with Crippen LogP contribution in [0.3, 0.4) is 0 Å². The van der Waals surface area contributed by atoms with E-state index in [4.69, 9.17) is 0 Å². The predicted octanol–water partition coefficient (Wildman–Crippen LogP) is 3.21. The Balaban J connectivity index is 2.26. The van der Waals surface area contributed by atoms with Crippen molar-refractivity contribution in [3.63, 3.8) is 0 Å². The van der Waals surface area contributed by atoms with E-state index in [1.54, 1.807) is 0 Å². The molecule has 0 aliphatic carbocycles. The molecular formula is C18H18N2O. The van der Waals surface area contributed by atoms with Crippen LogP contribution < -0.4 is 0 Å². The van der Waals surface area contributed by atoms with Crippen LogP contribution in [-0.2, 0) is 10.3 Å². The van der Waals surface area contributed by atoms with Gasteiger partial charge in [-0.15, -0.1) is 0 Å². The molecule has 0 fully saturated rings. The maximum absolute atomic E-state index is 12.8. The Morgan fingerprint density at radius 3 is 1.81 bits per heavy atom. The second-order valence-electron chi connectivity index (χ2n) is 5.19. The lowest BCUT2D eigenvalue weighted by Crippen LogP contribution is -2.47. The fourth-order valence-electron chi connectivity index (χ4n) is 3.09. The van der Waals surface area contributed by atoms with Crippen LogP contribution in [-0.4, -0.2) is 23.7 Å². The zero-order valence-electron chi connectivity index (χ0n) is 12.3. The minimum absolute atomic E-state index is 0.112. The van der Waals surface area contributed by atoms with Crippen molar-refractivity contribution in [2.24, 2.45) is 4.99 Å². The van der Waals surface area contributed by atoms with Gasteiger partial charge in [-0.2, -0.15) is 4.99 Å². The third kappa shape index (κ3) is 1.88. The lowest BCUT2D eigenvalue weighted by Gasteiger charge is -2.36. The van der Waals surface area contributed by atoms with E-state index in [0.29, 0.717) is 0 Å². The monoisotopic (exact) mass is 278 g/mol. The number of hydrogen-bond donors (Lipinski definition) is 0. The van der Waals surface area contributed by atoms with E-state index in [1.807, 2.05) is 79.5 Å². The van der Waals surface area contributed by atoms with Crippen molar-refractivity contribution in [1.29, 1.82) is 0 Å². The first-order valence-electron chi connectivity index (χ1n) is 7.18. The average Bonchev–Trinajstić information content (AvgIpc) is 2.80. The summed E-state index contributed by atoms with van der Waals surface area (Å²) < 4.78 is 0. The number of aliphatic imine (C=N–C) groups is 1. The van der Waals surface area contributed by atoms with Crippen LogP contribution in [0.4, 0.5) is 0 Å². The number of benzene rings is 2. The van der Waals surface area contributed by atoms with E-state index < -0.39 is 5.54 Å². The molecule has 0 spiro atoms. The van der Waals surface area contributed by atoms with Gasteiger partial charge >= 0.3 is 0 Å². The number of likely N-dealkylation sites (N-methyl/N-ethyl adjacent to an activating group) is 1. The lowest BCUT2D eigenvalue weighted by molar-refractivity contribution is -0.123. The van der Waals surface area contributed by atoms with Gasteiger partial charge in [-0.1, -0.05) is 67.6 Å². The second-order valence-corrected chi connectivity index (χ2v) is 5.19. The highest BCUT2D eigenvalue weighted by Gasteiger charge is 2.50. The van der Waals surface area contributed by atoms with Gasteiger partial charge in [0.2, 0.25) is 0 Å². The van der Waals surface area contributed by atoms with Gasteiger partial charge in [0.15, 0.2) is 5.54 Å². The van der Waals surface area contributed by atoms with Crippen LogP contribution in [0, 0.1) is 0 Å². The first-order valence-corrected chi connectivity index (χ1v) is 7.18. The fraction of sp³-hybridized carbons (Fsp3) is 0.222. The predicted molar refractivity (Wildman–Crippen MR) is 84.2 cm³/mol. The van der Waals surface area contributed by atoms with E-state index >= 15 is 0 Å². The quantitative estimate of drug-likeness (QED) is 0.863. The molecular weight excluding hydrogens is 260 g/mol. The summed E-state index contributed by atoms with van der Waals surface area (Å²) in [5.74, 6) is 0.715. The molecule has 0 saturated carbocycles. The highest BCUT2D eigenvalue weighted by Crippen LogP contribution is 2.40. The fourth-order valence-corrected chi connectivity index (χ4v) is 3.09. The molecule has 0 atom stereocenters. The molecule has 0 bridgehead atoms. The summed E-state index contributed by atoms with van der Waals surface area (Å²) >= 11 is 0. The third-order valence-electron chi connectivity index (χ3n) is 4.13. The lowest BCUT2D eigenvalue weighted by atomic mass is 9.81. The molecule has 0 N–H and O–H groups in total. The molecule has 1 heterocycles. The topological polar surface area (TPSA) is 32.7 Å². The van der Waals surface area contributed by atoms with E-state index in [9.17, 15) is 4.79 Å². The second kappa shape index (κ2) is 5.17. The van der Waals surface area contributed by atoms with Crippen molar-refractivity contribution < 1.29 is 4.79 Å². The number of nitrogens with zero attached hydrogens (tertiary/aromatic N) is 2. The molecule has 3 heteroatoms. The zero-order chi connectivity index (χ0) is 14.9. The Morgan fingerprint density at radius 2 is 1.43 bits per heavy atom. The molecule has 21 heavy (non-hydrogen) atoms. The number of rotatable bonds is 3. The third-order valence-corrected chi connectivity index (χ3v) is 4.13. The molecule has 1 amide bonds. The Kier molecular flexibility index (Phi) is 3.34. The normalized spacial score (nSPS) is 17.0. The Morgan fingerprint density at radius 1 is 0.952 bits per heavy atom. The molecule has 3 rings (SSSR count). The van der Waals surface area contributed by atoms with Gasteiger partial charge in [-0.3, -0.25) is 4.79 Å². The summed E-state index contributed by atoms with van der Waals surface area (Å²) in [6, 6.07) is 19.8. The molecule has 1 aliphatic rings. The van der Waals surface area contributed by atoms with Crippen LogP contribution in [0.25, 0.3) is 0 Å². The maximum Gasteiger partial charge on any atom is 0.282 e. The van der Waals surface area contributed by atoms with Crippen LogP contribution >= 0.6 is 0 Å². The first-order chi connectivity index (χ1) is 10.2. The van der Waals surface area contributed by atoms with Crippen LogP contribution in [0.2, 0.25) is 0 Å². The van der Waals surface area contributed by atoms with Crippen molar-refractivity contribution in [1.82, 2.24) is 4.90 Å². The number of hydrogen-bond acceptors (Lipinski definition) is 2. The summed E-state index contributed by atoms with van der Waals surface area (Å²) in [5.41, 5.74) is 1.07. The number of carbonyl (C=O) groups is 1. The van der Waals surface area contributed by atoms with Crippen molar-refractivity contribution in [3.05, 3.63) is 71.8 Å². The van der Waals surface area contributed by atoms with Crippen LogP contribution in [0.1, 0.15) is 24.5 Å². The Bertz CT molecular complexity index is 637. The molecule has 2 aromatic rings. The van der Waals surface area contributed by atoms with Gasteiger partial charge in [0.25, 0.3) is 5.91 Å². The minimum Gasteiger partial charge on any atom is -0.341 e. The van der Waals surface area contributed by atoms with Crippen molar-refractivity contribution in [3.8, 4) is 0 Å². The first kappa shape index (κ1) is 13.6. The van der Waals surface area contributed by atoms with Gasteiger partial charge in [0, 0.05) is 13.5 Å². The zero-order valence-corrected chi connectivity index (χ0v) is 12.3. The molecule has 0 saturated heterocycles. The molecule has 0 aromatic heterocycles. The molecule has 106 valence electrons. The Labute approximate surface area is 124 Å². The van der Waals surface area contributed by atoms with Gasteiger partial charge in [0.1, 0.15) is 5.84 Å². The van der Waals surface area contributed by atoms with Crippen molar-refractivity contribution in [2.45, 2.75) is 18.9 Å². The highest BCUT2D eigenvalue weighted by molar-refractivity contribution is 6.08. The van der Waals surface area contributed by atoms with E-state index in [1.165, 1.54) is 0 Å². The number of amides is 1. The summed E-state index contributed by atoms with van der Waals surface area (Å²) in [6.45, 7) is 2.02. The maximum atomic E-state index is 12.8. The largest absolute Gasteiger partial charge is 0.341 e. The minimum atomic E-state index is -0.839. The standard InChI is InChI=1S/C18H18N2O/c1-3-16-19-17(21)18(20(16)2,14-10-6-4-7-11-14)15-12-8-5-9-13-15/h4-13H,3H2,1-2H3. The SMILES string of the molecule is CCC1=NC(=O)C(c2ccccc2)(c2ccccc2)N1C. The molecule has 1 aliphatic heterocycles. The molecule has 0 radical (unpaired) electrons. The van der Waals surface area contributed by atoms with Gasteiger partial charge in [-0.25, -0.2) is 0 Å². The molecule has 3 nitrogen and oxygen atoms in total. The summed E-state index contributed by atoms with van der Waals surface area (Å²) in [6.07, 6.45) is 0.740. The summed E-state index contributed by atoms with van der Waals surface area (Å²) in [7, 11) is 1.95. The Hall–Kier alpha value is -2.42. The molecule has 0 unspecified atom stereocenters. The average molecular weight is 278 g/mol. The highest BCUT2D eigenvalue weighted by atomic mass is 16.2. The molecule has 2 aromatic carbocycles. The van der Waals surface area contributed by atoms with Crippen LogP contribution in [0.5, 0.6) is 0 Å². The van der Waals surface area contributed by atoms with Gasteiger partial charge < -0.3 is 4.90 Å². The van der Waals surface area contributed by atoms with E-state index in [-0.39, 0.29) is 5.91 Å². The van der Waals surface area contributed by atoms with Crippen molar-refractivity contribution in [2.75, 3.05) is 7.05 Å². The van der Waals surface area contributed by atoms with Gasteiger partial charge in [-0.05, 0) is 11.1 Å². The summed E-state index contributed by atoms with van der Waals surface area (Å²) in [4.78, 5) is 19.2. The van der Waals surface area contributed by atoms with E-state index in [2.05, 4.69) is 4.99 Å². The van der Waals surface area contributed by atoms with Crippen molar-refractivity contribution >= 4 is 11.7 Å². The van der Waals surface area contributed by atoms with Crippen LogP contribution in [0.15, 0.2) is 65.7 Å². The number of carbonyl (C=O) groups excluding carboxylic acids is 1. The number of amidine groups is 1. The smallest absolute Gasteiger partial charge is 0.282 e. The van der Waals surface area contributed by atoms with Gasteiger partial charge in [0.05, 0.1) is 0 Å².